The Kier molecular flexibility index (Phi) is 3.87. The second-order valence-corrected chi connectivity index (χ2v) is 7.02. The van der Waals surface area contributed by atoms with Crippen LogP contribution in [-0.2, 0) is 26.9 Å². The lowest BCUT2D eigenvalue weighted by Crippen LogP contribution is -2.12. The van der Waals surface area contributed by atoms with Gasteiger partial charge in [0, 0.05) is 5.39 Å². The highest BCUT2D eigenvalue weighted by molar-refractivity contribution is 7.90. The van der Waals surface area contributed by atoms with Crippen LogP contribution in [0.4, 0.5) is 0 Å². The van der Waals surface area contributed by atoms with E-state index in [2.05, 4.69) is 5.10 Å². The van der Waals surface area contributed by atoms with Crippen molar-refractivity contribution in [3.63, 3.8) is 0 Å². The number of sulfone groups is 1. The third kappa shape index (κ3) is 3.09. The van der Waals surface area contributed by atoms with Crippen molar-refractivity contribution >= 4 is 26.7 Å². The molecule has 3 rings (SSSR count). The van der Waals surface area contributed by atoms with E-state index in [4.69, 9.17) is 5.11 Å². The zero-order chi connectivity index (χ0) is 16.4. The normalized spacial score (nSPS) is 11.7. The number of carboxylic acids is 1. The fourth-order valence-electron chi connectivity index (χ4n) is 2.44. The molecule has 0 fully saturated rings. The number of carbonyl (C=O) groups is 1. The van der Waals surface area contributed by atoms with E-state index in [1.54, 1.807) is 48.5 Å². The Bertz CT molecular complexity index is 962. The maximum absolute atomic E-state index is 12.7. The van der Waals surface area contributed by atoms with Crippen LogP contribution in [0.1, 0.15) is 5.56 Å². The first kappa shape index (κ1) is 15.2. The molecule has 6 nitrogen and oxygen atoms in total. The zero-order valence-corrected chi connectivity index (χ0v) is 12.9. The summed E-state index contributed by atoms with van der Waals surface area (Å²) in [4.78, 5) is 11.0. The molecule has 118 valence electrons. The number of hydrogen-bond donors (Lipinski definition) is 1. The number of carboxylic acid groups (broad SMARTS) is 1. The minimum atomic E-state index is -3.68. The molecule has 0 aliphatic heterocycles. The van der Waals surface area contributed by atoms with Gasteiger partial charge in [-0.25, -0.2) is 8.42 Å². The van der Waals surface area contributed by atoms with Crippen LogP contribution in [0.25, 0.3) is 10.9 Å². The number of aromatic nitrogens is 2. The van der Waals surface area contributed by atoms with E-state index in [-0.39, 0.29) is 17.3 Å². The van der Waals surface area contributed by atoms with Crippen molar-refractivity contribution in [2.45, 2.75) is 17.3 Å². The van der Waals surface area contributed by atoms with E-state index in [1.165, 1.54) is 4.68 Å². The molecule has 1 aromatic heterocycles. The van der Waals surface area contributed by atoms with Crippen LogP contribution in [0, 0.1) is 0 Å². The van der Waals surface area contributed by atoms with Crippen molar-refractivity contribution in [1.29, 1.82) is 0 Å². The molecule has 0 atom stereocenters. The fourth-order valence-corrected chi connectivity index (χ4v) is 3.94. The van der Waals surface area contributed by atoms with Gasteiger partial charge in [0.2, 0.25) is 9.84 Å². The van der Waals surface area contributed by atoms with Crippen LogP contribution in [0.3, 0.4) is 0 Å². The van der Waals surface area contributed by atoms with E-state index in [0.29, 0.717) is 16.5 Å². The first-order valence-corrected chi connectivity index (χ1v) is 8.56. The van der Waals surface area contributed by atoms with Crippen molar-refractivity contribution in [2.75, 3.05) is 0 Å². The molecular formula is C16H14N2O4S. The van der Waals surface area contributed by atoms with Crippen LogP contribution >= 0.6 is 0 Å². The molecular weight excluding hydrogens is 316 g/mol. The summed E-state index contributed by atoms with van der Waals surface area (Å²) in [6.07, 6.45) is 0. The van der Waals surface area contributed by atoms with Crippen LogP contribution in [0.2, 0.25) is 0 Å². The summed E-state index contributed by atoms with van der Waals surface area (Å²) in [5.41, 5.74) is 1.14. The van der Waals surface area contributed by atoms with E-state index in [1.807, 2.05) is 6.07 Å². The molecule has 1 heterocycles. The SMILES string of the molecule is O=C(O)Cn1nc(S(=O)(=O)Cc2ccccc2)c2ccccc21. The second kappa shape index (κ2) is 5.85. The predicted octanol–water partition coefficient (Wildman–Crippen LogP) is 2.09. The van der Waals surface area contributed by atoms with Crippen molar-refractivity contribution in [3.05, 3.63) is 60.2 Å². The molecule has 0 spiro atoms. The molecule has 1 N–H and O–H groups in total. The van der Waals surface area contributed by atoms with Gasteiger partial charge in [-0.15, -0.1) is 0 Å². The van der Waals surface area contributed by atoms with E-state index >= 15 is 0 Å². The van der Waals surface area contributed by atoms with Crippen molar-refractivity contribution in [3.8, 4) is 0 Å². The molecule has 0 amide bonds. The lowest BCUT2D eigenvalue weighted by Gasteiger charge is -2.02. The Labute approximate surface area is 132 Å². The van der Waals surface area contributed by atoms with Gasteiger partial charge < -0.3 is 5.11 Å². The monoisotopic (exact) mass is 330 g/mol. The molecule has 23 heavy (non-hydrogen) atoms. The minimum absolute atomic E-state index is 0.0850. The molecule has 0 aliphatic carbocycles. The average Bonchev–Trinajstić information content (AvgIpc) is 2.87. The number of hydrogen-bond acceptors (Lipinski definition) is 4. The number of nitrogens with zero attached hydrogens (tertiary/aromatic N) is 2. The third-order valence-electron chi connectivity index (χ3n) is 3.40. The Morgan fingerprint density at radius 2 is 1.70 bits per heavy atom. The van der Waals surface area contributed by atoms with Gasteiger partial charge in [0.15, 0.2) is 5.03 Å². The summed E-state index contributed by atoms with van der Waals surface area (Å²) in [6, 6.07) is 15.5. The smallest absolute Gasteiger partial charge is 0.325 e. The maximum Gasteiger partial charge on any atom is 0.325 e. The second-order valence-electron chi connectivity index (χ2n) is 5.12. The minimum Gasteiger partial charge on any atom is -0.480 e. The Morgan fingerprint density at radius 1 is 1.04 bits per heavy atom. The molecule has 0 radical (unpaired) electrons. The summed E-state index contributed by atoms with van der Waals surface area (Å²) in [6.45, 7) is -0.388. The van der Waals surface area contributed by atoms with Gasteiger partial charge in [-0.05, 0) is 17.7 Å². The summed E-state index contributed by atoms with van der Waals surface area (Å²) in [5, 5.41) is 13.4. The summed E-state index contributed by atoms with van der Waals surface area (Å²) in [7, 11) is -3.68. The van der Waals surface area contributed by atoms with Crippen molar-refractivity contribution in [1.82, 2.24) is 9.78 Å². The topological polar surface area (TPSA) is 89.3 Å². The number of rotatable bonds is 5. The van der Waals surface area contributed by atoms with Gasteiger partial charge >= 0.3 is 5.97 Å². The number of benzene rings is 2. The van der Waals surface area contributed by atoms with Gasteiger partial charge in [-0.1, -0.05) is 42.5 Å². The van der Waals surface area contributed by atoms with Gasteiger partial charge in [-0.2, -0.15) is 5.10 Å². The quantitative estimate of drug-likeness (QED) is 0.774. The Morgan fingerprint density at radius 3 is 2.39 bits per heavy atom. The highest BCUT2D eigenvalue weighted by atomic mass is 32.2. The lowest BCUT2D eigenvalue weighted by atomic mass is 10.2. The third-order valence-corrected chi connectivity index (χ3v) is 5.01. The van der Waals surface area contributed by atoms with E-state index in [9.17, 15) is 13.2 Å². The van der Waals surface area contributed by atoms with Crippen LogP contribution in [0.15, 0.2) is 59.6 Å². The molecule has 7 heteroatoms. The molecule has 3 aromatic rings. The van der Waals surface area contributed by atoms with Crippen LogP contribution in [-0.4, -0.2) is 29.3 Å². The Hall–Kier alpha value is -2.67. The van der Waals surface area contributed by atoms with Gasteiger partial charge in [0.1, 0.15) is 6.54 Å². The van der Waals surface area contributed by atoms with Crippen LogP contribution in [0.5, 0.6) is 0 Å². The highest BCUT2D eigenvalue weighted by Crippen LogP contribution is 2.25. The van der Waals surface area contributed by atoms with E-state index in [0.717, 1.165) is 0 Å². The molecule has 0 aliphatic rings. The molecule has 0 saturated carbocycles. The first-order valence-electron chi connectivity index (χ1n) is 6.91. The molecule has 0 unspecified atom stereocenters. The van der Waals surface area contributed by atoms with Crippen molar-refractivity contribution < 1.29 is 18.3 Å². The van der Waals surface area contributed by atoms with Gasteiger partial charge in [-0.3, -0.25) is 9.48 Å². The van der Waals surface area contributed by atoms with E-state index < -0.39 is 15.8 Å². The molecule has 0 saturated heterocycles. The van der Waals surface area contributed by atoms with Gasteiger partial charge in [0.25, 0.3) is 0 Å². The summed E-state index contributed by atoms with van der Waals surface area (Å²) >= 11 is 0. The number of fused-ring (bicyclic) bond motifs is 1. The maximum atomic E-state index is 12.7. The Balaban J connectivity index is 2.10. The zero-order valence-electron chi connectivity index (χ0n) is 12.1. The van der Waals surface area contributed by atoms with Crippen molar-refractivity contribution in [2.24, 2.45) is 0 Å². The molecule has 0 bridgehead atoms. The largest absolute Gasteiger partial charge is 0.480 e. The summed E-state index contributed by atoms with van der Waals surface area (Å²) < 4.78 is 26.6. The fraction of sp³-hybridized carbons (Fsp3) is 0.125. The first-order chi connectivity index (χ1) is 11.0. The number of aliphatic carboxylic acids is 1. The average molecular weight is 330 g/mol. The predicted molar refractivity (Wildman–Crippen MR) is 84.7 cm³/mol. The van der Waals surface area contributed by atoms with Crippen LogP contribution < -0.4 is 0 Å². The highest BCUT2D eigenvalue weighted by Gasteiger charge is 2.24. The molecule has 2 aromatic carbocycles. The van der Waals surface area contributed by atoms with Gasteiger partial charge in [0.05, 0.1) is 11.3 Å². The lowest BCUT2D eigenvalue weighted by molar-refractivity contribution is -0.137. The standard InChI is InChI=1S/C16H14N2O4S/c19-15(20)10-18-14-9-5-4-8-13(14)16(17-18)23(21,22)11-12-6-2-1-3-7-12/h1-9H,10-11H2,(H,19,20). The number of para-hydroxylation sites is 1. The summed E-state index contributed by atoms with van der Waals surface area (Å²) in [5.74, 6) is -1.26.